The molecular formula is C20H27N9O2. The highest BCUT2D eigenvalue weighted by atomic mass is 16.2. The monoisotopic (exact) mass is 425 g/mol. The number of nitrogens with one attached hydrogen (secondary N) is 2. The van der Waals surface area contributed by atoms with E-state index in [-0.39, 0.29) is 36.3 Å². The van der Waals surface area contributed by atoms with Crippen LogP contribution in [0.15, 0.2) is 35.1 Å². The number of carbonyl (C=O) groups is 1. The molecule has 0 radical (unpaired) electrons. The fourth-order valence-corrected chi connectivity index (χ4v) is 3.36. The second-order valence-electron chi connectivity index (χ2n) is 7.27. The van der Waals surface area contributed by atoms with E-state index in [1.165, 1.54) is 4.57 Å². The molecule has 11 nitrogen and oxygen atoms in total. The number of H-pyrrole nitrogens is 1. The molecule has 11 heteroatoms. The molecule has 31 heavy (non-hydrogen) atoms. The normalized spacial score (nSPS) is 10.9. The number of carbonyl (C=O) groups excluding carboxylic acids is 1. The Hall–Kier alpha value is -3.89. The first kappa shape index (κ1) is 21.8. The van der Waals surface area contributed by atoms with E-state index in [2.05, 4.69) is 15.1 Å². The topological polar surface area (TPSA) is 165 Å². The van der Waals surface area contributed by atoms with Gasteiger partial charge in [0.05, 0.1) is 0 Å². The van der Waals surface area contributed by atoms with Crippen molar-refractivity contribution in [1.82, 2.24) is 29.2 Å². The Bertz CT molecular complexity index is 1130. The molecule has 0 aliphatic heterocycles. The van der Waals surface area contributed by atoms with Crippen molar-refractivity contribution in [3.05, 3.63) is 63.7 Å². The predicted octanol–water partition coefficient (Wildman–Crippen LogP) is 0.370. The van der Waals surface area contributed by atoms with Crippen molar-refractivity contribution >= 4 is 17.6 Å². The van der Waals surface area contributed by atoms with Crippen LogP contribution in [-0.2, 0) is 24.4 Å². The van der Waals surface area contributed by atoms with Crippen LogP contribution >= 0.6 is 0 Å². The molecule has 164 valence electrons. The molecule has 0 bridgehead atoms. The zero-order chi connectivity index (χ0) is 22.5. The second-order valence-corrected chi connectivity index (χ2v) is 7.27. The minimum Gasteiger partial charge on any atom is -0.383 e. The molecule has 0 saturated carbocycles. The highest BCUT2D eigenvalue weighted by Gasteiger charge is 2.18. The highest BCUT2D eigenvalue weighted by Crippen LogP contribution is 2.10. The largest absolute Gasteiger partial charge is 0.383 e. The van der Waals surface area contributed by atoms with Crippen LogP contribution < -0.4 is 17.2 Å². The van der Waals surface area contributed by atoms with E-state index in [4.69, 9.17) is 16.9 Å². The maximum atomic E-state index is 13.0. The van der Waals surface area contributed by atoms with Gasteiger partial charge in [-0.15, -0.1) is 0 Å². The first-order valence-corrected chi connectivity index (χ1v) is 9.88. The minimum absolute atomic E-state index is 0.0836. The van der Waals surface area contributed by atoms with E-state index < -0.39 is 5.69 Å². The summed E-state index contributed by atoms with van der Waals surface area (Å²) in [6.07, 6.45) is 0.493. The number of hydrogen-bond acceptors (Lipinski definition) is 6. The fourth-order valence-electron chi connectivity index (χ4n) is 3.36. The summed E-state index contributed by atoms with van der Waals surface area (Å²) in [4.78, 5) is 33.6. The van der Waals surface area contributed by atoms with Crippen molar-refractivity contribution in [3.63, 3.8) is 0 Å². The fraction of sp³-hybridized carbons (Fsp3) is 0.350. The molecule has 3 aromatic rings. The van der Waals surface area contributed by atoms with Crippen molar-refractivity contribution < 1.29 is 4.79 Å². The van der Waals surface area contributed by atoms with Crippen LogP contribution in [0.2, 0.25) is 0 Å². The van der Waals surface area contributed by atoms with Gasteiger partial charge in [-0.3, -0.25) is 14.8 Å². The van der Waals surface area contributed by atoms with Crippen molar-refractivity contribution in [3.8, 4) is 0 Å². The second kappa shape index (κ2) is 9.28. The van der Waals surface area contributed by atoms with Crippen LogP contribution in [0.3, 0.4) is 0 Å². The lowest BCUT2D eigenvalue weighted by Crippen LogP contribution is -2.35. The molecule has 1 amide bonds. The number of aryl methyl sites for hydroxylation is 2. The Morgan fingerprint density at radius 2 is 1.97 bits per heavy atom. The summed E-state index contributed by atoms with van der Waals surface area (Å²) in [6.45, 7) is 4.80. The molecule has 2 aromatic heterocycles. The van der Waals surface area contributed by atoms with Gasteiger partial charge in [0, 0.05) is 19.6 Å². The number of benzene rings is 1. The van der Waals surface area contributed by atoms with Crippen LogP contribution in [-0.4, -0.2) is 47.5 Å². The number of nitrogens with zero attached hydrogens (tertiary/aromatic N) is 5. The number of hydrogen-bond donors (Lipinski definition) is 4. The molecule has 0 saturated heterocycles. The first-order chi connectivity index (χ1) is 14.8. The van der Waals surface area contributed by atoms with Gasteiger partial charge in [0.1, 0.15) is 35.5 Å². The van der Waals surface area contributed by atoms with E-state index in [0.29, 0.717) is 31.2 Å². The molecular weight excluding hydrogens is 398 g/mol. The van der Waals surface area contributed by atoms with Crippen molar-refractivity contribution in [2.24, 2.45) is 5.73 Å². The van der Waals surface area contributed by atoms with Crippen molar-refractivity contribution in [1.29, 1.82) is 5.41 Å². The molecule has 0 aliphatic carbocycles. The van der Waals surface area contributed by atoms with Gasteiger partial charge in [-0.05, 0) is 25.8 Å². The average Bonchev–Trinajstić information content (AvgIpc) is 3.19. The number of aromatic nitrogens is 5. The maximum absolute atomic E-state index is 13.0. The summed E-state index contributed by atoms with van der Waals surface area (Å²) in [5, 5.41) is 11.8. The Labute approximate surface area is 179 Å². The van der Waals surface area contributed by atoms with Gasteiger partial charge in [0.15, 0.2) is 0 Å². The number of imidazole rings is 1. The Morgan fingerprint density at radius 3 is 2.55 bits per heavy atom. The van der Waals surface area contributed by atoms with E-state index >= 15 is 0 Å². The zero-order valence-electron chi connectivity index (χ0n) is 17.6. The molecule has 1 aromatic carbocycles. The van der Waals surface area contributed by atoms with E-state index in [1.54, 1.807) is 16.5 Å². The Morgan fingerprint density at radius 1 is 1.26 bits per heavy atom. The molecule has 0 fully saturated rings. The summed E-state index contributed by atoms with van der Waals surface area (Å²) in [6, 6.07) is 9.68. The van der Waals surface area contributed by atoms with Gasteiger partial charge >= 0.3 is 5.69 Å². The summed E-state index contributed by atoms with van der Waals surface area (Å²) >= 11 is 0. The lowest BCUT2D eigenvalue weighted by molar-refractivity contribution is -0.132. The van der Waals surface area contributed by atoms with Gasteiger partial charge in [-0.2, -0.15) is 5.10 Å². The van der Waals surface area contributed by atoms with Crippen LogP contribution in [0.1, 0.15) is 29.3 Å². The summed E-state index contributed by atoms with van der Waals surface area (Å²) in [7, 11) is 0. The minimum atomic E-state index is -0.433. The number of nitrogens with two attached hydrogens (primary N) is 2. The van der Waals surface area contributed by atoms with E-state index in [0.717, 1.165) is 5.56 Å². The third-order valence-corrected chi connectivity index (χ3v) is 4.92. The molecule has 0 unspecified atom stereocenters. The molecule has 0 spiro atoms. The smallest absolute Gasteiger partial charge is 0.327 e. The van der Waals surface area contributed by atoms with Gasteiger partial charge in [-0.25, -0.2) is 14.5 Å². The van der Waals surface area contributed by atoms with Crippen molar-refractivity contribution in [2.75, 3.05) is 12.3 Å². The predicted molar refractivity (Wildman–Crippen MR) is 116 cm³/mol. The van der Waals surface area contributed by atoms with Crippen LogP contribution in [0.4, 0.5) is 5.82 Å². The Kier molecular flexibility index (Phi) is 6.53. The molecule has 0 atom stereocenters. The number of rotatable bonds is 9. The number of aromatic amines is 1. The van der Waals surface area contributed by atoms with Crippen LogP contribution in [0, 0.1) is 19.3 Å². The third-order valence-electron chi connectivity index (χ3n) is 4.92. The lowest BCUT2D eigenvalue weighted by atomic mass is 10.2. The van der Waals surface area contributed by atoms with E-state index in [9.17, 15) is 9.59 Å². The van der Waals surface area contributed by atoms with E-state index in [1.807, 2.05) is 37.3 Å². The van der Waals surface area contributed by atoms with Gasteiger partial charge in [-0.1, -0.05) is 30.3 Å². The SMILES string of the molecule is Cc1nc(C)n(CC(=O)N(CCCn2c(N)c(C(=N)N)[nH]c2=O)Cc2ccccc2)n1. The van der Waals surface area contributed by atoms with Gasteiger partial charge in [0.2, 0.25) is 5.91 Å². The number of anilines is 1. The van der Waals surface area contributed by atoms with Crippen LogP contribution in [0.25, 0.3) is 0 Å². The first-order valence-electron chi connectivity index (χ1n) is 9.88. The van der Waals surface area contributed by atoms with Crippen LogP contribution in [0.5, 0.6) is 0 Å². The number of amides is 1. The number of amidine groups is 1. The van der Waals surface area contributed by atoms with Gasteiger partial charge < -0.3 is 21.4 Å². The molecule has 3 rings (SSSR count). The third kappa shape index (κ3) is 5.18. The average molecular weight is 425 g/mol. The molecule has 2 heterocycles. The van der Waals surface area contributed by atoms with Gasteiger partial charge in [0.25, 0.3) is 0 Å². The molecule has 6 N–H and O–H groups in total. The highest BCUT2D eigenvalue weighted by molar-refractivity contribution is 5.97. The summed E-state index contributed by atoms with van der Waals surface area (Å²) in [5.74, 6) is 1.01. The molecule has 0 aliphatic rings. The lowest BCUT2D eigenvalue weighted by Gasteiger charge is -2.23. The summed E-state index contributed by atoms with van der Waals surface area (Å²) < 4.78 is 2.91. The summed E-state index contributed by atoms with van der Waals surface area (Å²) in [5.41, 5.74) is 12.1. The number of nitrogen functional groups attached to an aromatic ring is 2. The Balaban J connectivity index is 1.72. The standard InChI is InChI=1S/C20H27N9O2/c1-13-24-14(2)29(26-13)12-16(30)27(11-15-7-4-3-5-8-15)9-6-10-28-19(23)17(18(21)22)25-20(28)31/h3-5,7-8H,6,9-12,23H2,1-2H3,(H3,21,22)(H,25,31). The maximum Gasteiger partial charge on any atom is 0.327 e. The zero-order valence-corrected chi connectivity index (χ0v) is 17.6. The van der Waals surface area contributed by atoms with Crippen molar-refractivity contribution in [2.45, 2.75) is 39.9 Å². The quantitative estimate of drug-likeness (QED) is 0.286.